The third-order valence-corrected chi connectivity index (χ3v) is 3.92. The van der Waals surface area contributed by atoms with Gasteiger partial charge >= 0.3 is 5.97 Å². The molecule has 0 saturated heterocycles. The molecule has 0 radical (unpaired) electrons. The van der Waals surface area contributed by atoms with Gasteiger partial charge in [-0.1, -0.05) is 13.8 Å². The molecule has 0 aliphatic carbocycles. The maximum atomic E-state index is 12.5. The molecule has 0 fully saturated rings. The molecule has 5 atom stereocenters. The first-order valence-corrected chi connectivity index (χ1v) is 8.78. The Morgan fingerprint density at radius 1 is 0.897 bits per heavy atom. The van der Waals surface area contributed by atoms with E-state index in [1.165, 1.54) is 0 Å². The fourth-order valence-electron chi connectivity index (χ4n) is 2.09. The number of carboxylic acid groups (broad SMARTS) is 1. The molecule has 0 spiro atoms. The second-order valence-electron chi connectivity index (χ2n) is 6.81. The Kier molecular flexibility index (Phi) is 10.8. The van der Waals surface area contributed by atoms with E-state index in [2.05, 4.69) is 10.6 Å². The lowest BCUT2D eigenvalue weighted by Gasteiger charge is -2.26. The number of carbonyl (C=O) groups is 5. The molecule has 0 rings (SSSR count). The van der Waals surface area contributed by atoms with Crippen molar-refractivity contribution in [2.45, 2.75) is 57.5 Å². The van der Waals surface area contributed by atoms with E-state index >= 15 is 0 Å². The minimum atomic E-state index is -1.66. The molecule has 166 valence electrons. The molecule has 10 N–H and O–H groups in total. The van der Waals surface area contributed by atoms with Crippen LogP contribution in [-0.2, 0) is 24.0 Å². The van der Waals surface area contributed by atoms with Gasteiger partial charge in [0.2, 0.25) is 23.6 Å². The highest BCUT2D eigenvalue weighted by molar-refractivity contribution is 5.96. The average Bonchev–Trinajstić information content (AvgIpc) is 2.61. The van der Waals surface area contributed by atoms with E-state index in [0.717, 1.165) is 6.92 Å². The van der Waals surface area contributed by atoms with Crippen molar-refractivity contribution in [3.63, 3.8) is 0 Å². The van der Waals surface area contributed by atoms with Crippen molar-refractivity contribution in [1.29, 1.82) is 0 Å². The normalized spacial score (nSPS) is 16.1. The molecule has 0 aromatic carbocycles. The van der Waals surface area contributed by atoms with Crippen molar-refractivity contribution in [3.05, 3.63) is 0 Å². The van der Waals surface area contributed by atoms with Gasteiger partial charge in [-0.2, -0.15) is 0 Å². The topological polar surface area (TPSA) is 234 Å². The number of carbonyl (C=O) groups excluding carboxylic acids is 4. The Labute approximate surface area is 167 Å². The Hall–Kier alpha value is -2.77. The van der Waals surface area contributed by atoms with E-state index in [1.54, 1.807) is 13.8 Å². The molecule has 0 saturated carbocycles. The minimum absolute atomic E-state index is 0.269. The highest BCUT2D eigenvalue weighted by Gasteiger charge is 2.33. The number of aliphatic carboxylic acids is 1. The van der Waals surface area contributed by atoms with Crippen molar-refractivity contribution < 1.29 is 39.3 Å². The molecule has 29 heavy (non-hydrogen) atoms. The largest absolute Gasteiger partial charge is 0.480 e. The number of aliphatic hydroxyl groups is 2. The van der Waals surface area contributed by atoms with Gasteiger partial charge < -0.3 is 42.7 Å². The monoisotopic (exact) mass is 419 g/mol. The molecule has 13 heteroatoms. The Morgan fingerprint density at radius 3 is 1.79 bits per heavy atom. The van der Waals surface area contributed by atoms with Crippen molar-refractivity contribution in [2.24, 2.45) is 17.4 Å². The SMILES string of the molecule is CC(C)C(N)C(=O)NC(CC(N)=O)C(=O)NC(C(=O)NC(CO)C(=O)O)C(C)O. The van der Waals surface area contributed by atoms with Crippen LogP contribution in [0.25, 0.3) is 0 Å². The summed E-state index contributed by atoms with van der Waals surface area (Å²) in [5, 5.41) is 34.0. The number of primary amides is 1. The van der Waals surface area contributed by atoms with Gasteiger partial charge in [0.25, 0.3) is 0 Å². The quantitative estimate of drug-likeness (QED) is 0.153. The summed E-state index contributed by atoms with van der Waals surface area (Å²) in [5.74, 6) is -5.57. The summed E-state index contributed by atoms with van der Waals surface area (Å²) >= 11 is 0. The lowest BCUT2D eigenvalue weighted by Crippen LogP contribution is -2.60. The van der Waals surface area contributed by atoms with E-state index < -0.39 is 72.9 Å². The molecule has 0 aliphatic heterocycles. The van der Waals surface area contributed by atoms with Gasteiger partial charge in [0.05, 0.1) is 25.2 Å². The van der Waals surface area contributed by atoms with E-state index in [1.807, 2.05) is 5.32 Å². The smallest absolute Gasteiger partial charge is 0.328 e. The van der Waals surface area contributed by atoms with Crippen LogP contribution in [0.4, 0.5) is 0 Å². The van der Waals surface area contributed by atoms with E-state index in [0.29, 0.717) is 0 Å². The minimum Gasteiger partial charge on any atom is -0.480 e. The van der Waals surface area contributed by atoms with Crippen molar-refractivity contribution in [2.75, 3.05) is 6.61 Å². The molecule has 13 nitrogen and oxygen atoms in total. The van der Waals surface area contributed by atoms with Crippen LogP contribution in [0, 0.1) is 5.92 Å². The fraction of sp³-hybridized carbons (Fsp3) is 0.688. The standard InChI is InChI=1S/C16H29N5O8/c1-6(2)11(18)14(26)19-8(4-10(17)24)13(25)21-12(7(3)23)15(27)20-9(5-22)16(28)29/h6-9,11-12,22-23H,4-5,18H2,1-3H3,(H2,17,24)(H,19,26)(H,20,27)(H,21,25)(H,28,29). The predicted octanol–water partition coefficient (Wildman–Crippen LogP) is -4.24. The highest BCUT2D eigenvalue weighted by Crippen LogP contribution is 2.02. The zero-order valence-corrected chi connectivity index (χ0v) is 16.4. The number of hydrogen-bond donors (Lipinski definition) is 8. The lowest BCUT2D eigenvalue weighted by atomic mass is 10.0. The van der Waals surface area contributed by atoms with E-state index in [-0.39, 0.29) is 5.92 Å². The molecule has 4 amide bonds. The van der Waals surface area contributed by atoms with Gasteiger partial charge in [-0.3, -0.25) is 19.2 Å². The summed E-state index contributed by atoms with van der Waals surface area (Å²) in [6, 6.07) is -5.75. The average molecular weight is 419 g/mol. The van der Waals surface area contributed by atoms with Gasteiger partial charge in [0.1, 0.15) is 18.1 Å². The van der Waals surface area contributed by atoms with Crippen LogP contribution in [-0.4, -0.2) is 81.8 Å². The molecule has 0 bridgehead atoms. The first kappa shape index (κ1) is 26.2. The summed E-state index contributed by atoms with van der Waals surface area (Å²) in [7, 11) is 0. The summed E-state index contributed by atoms with van der Waals surface area (Å²) in [4.78, 5) is 59.0. The van der Waals surface area contributed by atoms with Crippen molar-refractivity contribution in [1.82, 2.24) is 16.0 Å². The third kappa shape index (κ3) is 8.85. The zero-order chi connectivity index (χ0) is 22.9. The van der Waals surface area contributed by atoms with Crippen molar-refractivity contribution >= 4 is 29.6 Å². The van der Waals surface area contributed by atoms with Crippen LogP contribution in [0.15, 0.2) is 0 Å². The second-order valence-corrected chi connectivity index (χ2v) is 6.81. The predicted molar refractivity (Wildman–Crippen MR) is 98.8 cm³/mol. The van der Waals surface area contributed by atoms with Gasteiger partial charge in [-0.15, -0.1) is 0 Å². The lowest BCUT2D eigenvalue weighted by molar-refractivity contribution is -0.144. The van der Waals surface area contributed by atoms with Crippen LogP contribution in [0.2, 0.25) is 0 Å². The fourth-order valence-corrected chi connectivity index (χ4v) is 2.09. The second kappa shape index (κ2) is 11.9. The van der Waals surface area contributed by atoms with Crippen LogP contribution in [0.3, 0.4) is 0 Å². The summed E-state index contributed by atoms with van der Waals surface area (Å²) < 4.78 is 0. The van der Waals surface area contributed by atoms with Crippen molar-refractivity contribution in [3.8, 4) is 0 Å². The molecule has 0 heterocycles. The van der Waals surface area contributed by atoms with Crippen LogP contribution in [0.1, 0.15) is 27.2 Å². The highest BCUT2D eigenvalue weighted by atomic mass is 16.4. The molecular weight excluding hydrogens is 390 g/mol. The number of rotatable bonds is 12. The zero-order valence-electron chi connectivity index (χ0n) is 16.4. The molecule has 0 aromatic heterocycles. The summed E-state index contributed by atoms with van der Waals surface area (Å²) in [5.41, 5.74) is 10.8. The molecule has 0 aromatic rings. The third-order valence-electron chi connectivity index (χ3n) is 3.92. The maximum absolute atomic E-state index is 12.5. The van der Waals surface area contributed by atoms with Crippen LogP contribution >= 0.6 is 0 Å². The van der Waals surface area contributed by atoms with Crippen LogP contribution in [0.5, 0.6) is 0 Å². The number of nitrogens with two attached hydrogens (primary N) is 2. The molecule has 5 unspecified atom stereocenters. The van der Waals surface area contributed by atoms with E-state index in [9.17, 15) is 29.1 Å². The van der Waals surface area contributed by atoms with E-state index in [4.69, 9.17) is 21.7 Å². The first-order valence-electron chi connectivity index (χ1n) is 8.78. The number of aliphatic hydroxyl groups excluding tert-OH is 2. The van der Waals surface area contributed by atoms with Gasteiger partial charge in [0.15, 0.2) is 0 Å². The summed E-state index contributed by atoms with van der Waals surface area (Å²) in [6.07, 6.45) is -2.08. The van der Waals surface area contributed by atoms with Gasteiger partial charge in [-0.25, -0.2) is 4.79 Å². The number of hydrogen-bond acceptors (Lipinski definition) is 8. The number of carboxylic acids is 1. The van der Waals surface area contributed by atoms with Gasteiger partial charge in [-0.05, 0) is 12.8 Å². The Morgan fingerprint density at radius 2 is 1.41 bits per heavy atom. The first-order chi connectivity index (χ1) is 13.3. The number of nitrogens with one attached hydrogen (secondary N) is 3. The number of amides is 4. The maximum Gasteiger partial charge on any atom is 0.328 e. The molecule has 0 aliphatic rings. The Bertz CT molecular complexity index is 624. The van der Waals surface area contributed by atoms with Gasteiger partial charge in [0, 0.05) is 0 Å². The molecular formula is C16H29N5O8. The summed E-state index contributed by atoms with van der Waals surface area (Å²) in [6.45, 7) is 3.56. The Balaban J connectivity index is 5.38. The van der Waals surface area contributed by atoms with Crippen LogP contribution < -0.4 is 27.4 Å².